The predicted molar refractivity (Wildman–Crippen MR) is 78.9 cm³/mol. The number of hydrogen-bond acceptors (Lipinski definition) is 2. The van der Waals surface area contributed by atoms with Crippen molar-refractivity contribution in [2.45, 2.75) is 13.0 Å². The van der Waals surface area contributed by atoms with Gasteiger partial charge in [0, 0.05) is 11.6 Å². The summed E-state index contributed by atoms with van der Waals surface area (Å²) in [4.78, 5) is 4.43. The van der Waals surface area contributed by atoms with Gasteiger partial charge in [-0.25, -0.2) is 4.39 Å². The van der Waals surface area contributed by atoms with Crippen molar-refractivity contribution in [1.82, 2.24) is 4.98 Å². The monoisotopic (exact) mass is 266 g/mol. The van der Waals surface area contributed by atoms with E-state index in [1.54, 1.807) is 12.3 Å². The van der Waals surface area contributed by atoms with E-state index in [-0.39, 0.29) is 11.9 Å². The fourth-order valence-corrected chi connectivity index (χ4v) is 2.53. The van der Waals surface area contributed by atoms with Gasteiger partial charge in [-0.3, -0.25) is 4.98 Å². The maximum atomic E-state index is 13.2. The van der Waals surface area contributed by atoms with Gasteiger partial charge in [0.15, 0.2) is 0 Å². The minimum Gasteiger partial charge on any atom is -0.319 e. The van der Waals surface area contributed by atoms with Crippen LogP contribution in [0.3, 0.4) is 0 Å². The first-order valence-corrected chi connectivity index (χ1v) is 6.52. The summed E-state index contributed by atoms with van der Waals surface area (Å²) < 4.78 is 13.2. The molecule has 3 heteroatoms. The average molecular weight is 266 g/mol. The lowest BCUT2D eigenvalue weighted by Gasteiger charge is -2.16. The van der Waals surface area contributed by atoms with Gasteiger partial charge < -0.3 is 5.73 Å². The molecule has 0 saturated heterocycles. The largest absolute Gasteiger partial charge is 0.319 e. The van der Waals surface area contributed by atoms with E-state index in [1.807, 2.05) is 37.3 Å². The summed E-state index contributed by atoms with van der Waals surface area (Å²) >= 11 is 0. The molecule has 1 heterocycles. The summed E-state index contributed by atoms with van der Waals surface area (Å²) in [5.41, 5.74) is 8.90. The van der Waals surface area contributed by atoms with Gasteiger partial charge in [-0.15, -0.1) is 0 Å². The number of nitrogens with two attached hydrogens (primary N) is 1. The number of aryl methyl sites for hydroxylation is 1. The molecule has 3 aromatic rings. The molecule has 0 aliphatic carbocycles. The van der Waals surface area contributed by atoms with Crippen LogP contribution in [-0.4, -0.2) is 4.98 Å². The molecule has 2 aromatic carbocycles. The Hall–Kier alpha value is -2.26. The van der Waals surface area contributed by atoms with Gasteiger partial charge in [-0.1, -0.05) is 30.3 Å². The Balaban J connectivity index is 2.15. The van der Waals surface area contributed by atoms with Crippen molar-refractivity contribution in [1.29, 1.82) is 0 Å². The average Bonchev–Trinajstić information content (AvgIpc) is 2.46. The Morgan fingerprint density at radius 1 is 1.10 bits per heavy atom. The van der Waals surface area contributed by atoms with Crippen LogP contribution in [0.5, 0.6) is 0 Å². The fourth-order valence-electron chi connectivity index (χ4n) is 2.53. The summed E-state index contributed by atoms with van der Waals surface area (Å²) in [6, 6.07) is 14.3. The second-order valence-electron chi connectivity index (χ2n) is 4.90. The normalized spacial score (nSPS) is 12.6. The topological polar surface area (TPSA) is 38.9 Å². The molecule has 1 atom stereocenters. The second kappa shape index (κ2) is 5.02. The Morgan fingerprint density at radius 2 is 1.90 bits per heavy atom. The molecule has 3 rings (SSSR count). The number of hydrogen-bond donors (Lipinski definition) is 1. The van der Waals surface area contributed by atoms with Crippen LogP contribution in [0.4, 0.5) is 4.39 Å². The van der Waals surface area contributed by atoms with Crippen LogP contribution in [0.25, 0.3) is 10.8 Å². The zero-order chi connectivity index (χ0) is 14.1. The van der Waals surface area contributed by atoms with Crippen molar-refractivity contribution in [3.05, 3.63) is 77.4 Å². The number of fused-ring (bicyclic) bond motifs is 1. The Bertz CT molecular complexity index is 763. The van der Waals surface area contributed by atoms with Crippen LogP contribution in [0.15, 0.2) is 54.7 Å². The Morgan fingerprint density at radius 3 is 2.70 bits per heavy atom. The van der Waals surface area contributed by atoms with E-state index < -0.39 is 0 Å². The molecule has 0 spiro atoms. The van der Waals surface area contributed by atoms with Gasteiger partial charge in [0.25, 0.3) is 0 Å². The molecule has 2 N–H and O–H groups in total. The Kier molecular flexibility index (Phi) is 3.20. The fraction of sp³-hybridized carbons (Fsp3) is 0.118. The lowest BCUT2D eigenvalue weighted by molar-refractivity contribution is 0.624. The van der Waals surface area contributed by atoms with Crippen molar-refractivity contribution in [2.24, 2.45) is 5.73 Å². The number of pyridine rings is 1. The molecule has 20 heavy (non-hydrogen) atoms. The van der Waals surface area contributed by atoms with Gasteiger partial charge in [0.1, 0.15) is 5.82 Å². The quantitative estimate of drug-likeness (QED) is 0.767. The molecule has 0 bridgehead atoms. The van der Waals surface area contributed by atoms with E-state index >= 15 is 0 Å². The summed E-state index contributed by atoms with van der Waals surface area (Å²) in [5.74, 6) is -0.246. The summed E-state index contributed by atoms with van der Waals surface area (Å²) in [6.45, 7) is 1.86. The van der Waals surface area contributed by atoms with E-state index in [9.17, 15) is 4.39 Å². The molecule has 0 aliphatic heterocycles. The zero-order valence-corrected chi connectivity index (χ0v) is 11.2. The highest BCUT2D eigenvalue weighted by atomic mass is 19.1. The third-order valence-corrected chi connectivity index (χ3v) is 3.57. The summed E-state index contributed by atoms with van der Waals surface area (Å²) in [5, 5.41) is 2.14. The van der Waals surface area contributed by atoms with E-state index in [4.69, 9.17) is 5.73 Å². The molecule has 0 radical (unpaired) electrons. The van der Waals surface area contributed by atoms with Crippen molar-refractivity contribution < 1.29 is 4.39 Å². The van der Waals surface area contributed by atoms with Gasteiger partial charge in [0.05, 0.1) is 11.7 Å². The first-order valence-electron chi connectivity index (χ1n) is 6.52. The van der Waals surface area contributed by atoms with Gasteiger partial charge in [-0.05, 0) is 41.6 Å². The molecule has 0 saturated carbocycles. The smallest absolute Gasteiger partial charge is 0.123 e. The minimum atomic E-state index is -0.360. The van der Waals surface area contributed by atoms with Crippen LogP contribution in [0, 0.1) is 12.7 Å². The van der Waals surface area contributed by atoms with Crippen molar-refractivity contribution in [3.63, 3.8) is 0 Å². The first kappa shape index (κ1) is 12.8. The molecule has 0 fully saturated rings. The maximum Gasteiger partial charge on any atom is 0.123 e. The van der Waals surface area contributed by atoms with E-state index in [2.05, 4.69) is 4.98 Å². The first-order chi connectivity index (χ1) is 9.66. The molecule has 0 amide bonds. The number of halogens is 1. The molecule has 0 aliphatic rings. The molecular weight excluding hydrogens is 251 g/mol. The SMILES string of the molecule is Cc1cc(F)ccc1C(N)c1nccc2ccccc12. The van der Waals surface area contributed by atoms with Crippen LogP contribution in [0.1, 0.15) is 22.9 Å². The number of aromatic nitrogens is 1. The Labute approximate surface area is 117 Å². The zero-order valence-electron chi connectivity index (χ0n) is 11.2. The standard InChI is InChI=1S/C17H15FN2/c1-11-10-13(18)6-7-14(11)16(19)17-15-5-3-2-4-12(15)8-9-20-17/h2-10,16H,19H2,1H3. The summed E-state index contributed by atoms with van der Waals surface area (Å²) in [6.07, 6.45) is 1.76. The molecule has 2 nitrogen and oxygen atoms in total. The third kappa shape index (κ3) is 2.17. The van der Waals surface area contributed by atoms with Crippen molar-refractivity contribution in [3.8, 4) is 0 Å². The van der Waals surface area contributed by atoms with Crippen LogP contribution < -0.4 is 5.73 Å². The lowest BCUT2D eigenvalue weighted by atomic mass is 9.96. The van der Waals surface area contributed by atoms with Gasteiger partial charge in [0.2, 0.25) is 0 Å². The number of benzene rings is 2. The lowest BCUT2D eigenvalue weighted by Crippen LogP contribution is -2.15. The number of nitrogens with zero attached hydrogens (tertiary/aromatic N) is 1. The van der Waals surface area contributed by atoms with Gasteiger partial charge >= 0.3 is 0 Å². The highest BCUT2D eigenvalue weighted by Crippen LogP contribution is 2.27. The minimum absolute atomic E-state index is 0.246. The van der Waals surface area contributed by atoms with E-state index in [0.717, 1.165) is 27.6 Å². The van der Waals surface area contributed by atoms with Crippen molar-refractivity contribution in [2.75, 3.05) is 0 Å². The molecule has 1 unspecified atom stereocenters. The summed E-state index contributed by atoms with van der Waals surface area (Å²) in [7, 11) is 0. The van der Waals surface area contributed by atoms with Crippen LogP contribution in [0.2, 0.25) is 0 Å². The maximum absolute atomic E-state index is 13.2. The van der Waals surface area contributed by atoms with Crippen LogP contribution in [-0.2, 0) is 0 Å². The molecule has 1 aromatic heterocycles. The third-order valence-electron chi connectivity index (χ3n) is 3.57. The highest BCUT2D eigenvalue weighted by Gasteiger charge is 2.15. The van der Waals surface area contributed by atoms with E-state index in [1.165, 1.54) is 12.1 Å². The highest BCUT2D eigenvalue weighted by molar-refractivity contribution is 5.85. The molecular formula is C17H15FN2. The van der Waals surface area contributed by atoms with Gasteiger partial charge in [-0.2, -0.15) is 0 Å². The van der Waals surface area contributed by atoms with E-state index in [0.29, 0.717) is 0 Å². The second-order valence-corrected chi connectivity index (χ2v) is 4.90. The number of rotatable bonds is 2. The molecule has 100 valence electrons. The van der Waals surface area contributed by atoms with Crippen LogP contribution >= 0.6 is 0 Å². The predicted octanol–water partition coefficient (Wildman–Crippen LogP) is 3.73. The van der Waals surface area contributed by atoms with Crippen molar-refractivity contribution >= 4 is 10.8 Å².